The van der Waals surface area contributed by atoms with Gasteiger partial charge in [0.2, 0.25) is 5.88 Å². The van der Waals surface area contributed by atoms with E-state index in [-0.39, 0.29) is 0 Å². The quantitative estimate of drug-likeness (QED) is 0.911. The zero-order valence-electron chi connectivity index (χ0n) is 11.3. The van der Waals surface area contributed by atoms with Crippen molar-refractivity contribution in [3.8, 4) is 11.9 Å². The fraction of sp³-hybridized carbons (Fsp3) is 0.286. The summed E-state index contributed by atoms with van der Waals surface area (Å²) in [6.07, 6.45) is 1.69. The van der Waals surface area contributed by atoms with Crippen LogP contribution in [0.5, 0.6) is 5.88 Å². The monoisotopic (exact) mass is 256 g/mol. The van der Waals surface area contributed by atoms with Crippen LogP contribution in [0.25, 0.3) is 0 Å². The highest BCUT2D eigenvalue weighted by Crippen LogP contribution is 2.22. The predicted octanol–water partition coefficient (Wildman–Crippen LogP) is 2.22. The Morgan fingerprint density at radius 2 is 2.32 bits per heavy atom. The predicted molar refractivity (Wildman–Crippen MR) is 73.0 cm³/mol. The second-order valence-corrected chi connectivity index (χ2v) is 4.22. The van der Waals surface area contributed by atoms with E-state index in [4.69, 9.17) is 10.00 Å². The standard InChI is InChI=1S/C14H16N4O/c1-10-11(7-12(8-15)18(10)2)9-17-13-5-4-6-16-14(13)19-3/h4-7,17H,9H2,1-3H3. The molecule has 98 valence electrons. The van der Waals surface area contributed by atoms with Crippen LogP contribution >= 0.6 is 0 Å². The van der Waals surface area contributed by atoms with Crippen molar-refractivity contribution in [2.75, 3.05) is 12.4 Å². The number of nitrogens with zero attached hydrogens (tertiary/aromatic N) is 3. The van der Waals surface area contributed by atoms with Crippen LogP contribution in [0.2, 0.25) is 0 Å². The smallest absolute Gasteiger partial charge is 0.237 e. The van der Waals surface area contributed by atoms with Crippen LogP contribution in [0.1, 0.15) is 17.0 Å². The van der Waals surface area contributed by atoms with Gasteiger partial charge in [-0.1, -0.05) is 0 Å². The van der Waals surface area contributed by atoms with Gasteiger partial charge in [-0.05, 0) is 30.7 Å². The Labute approximate surface area is 112 Å². The van der Waals surface area contributed by atoms with Gasteiger partial charge in [0.25, 0.3) is 0 Å². The molecule has 5 heteroatoms. The third kappa shape index (κ3) is 2.52. The van der Waals surface area contributed by atoms with E-state index in [9.17, 15) is 0 Å². The van der Waals surface area contributed by atoms with Crippen LogP contribution in [0.15, 0.2) is 24.4 Å². The maximum absolute atomic E-state index is 9.00. The van der Waals surface area contributed by atoms with Gasteiger partial charge in [-0.3, -0.25) is 0 Å². The van der Waals surface area contributed by atoms with Gasteiger partial charge in [0.15, 0.2) is 0 Å². The molecule has 0 atom stereocenters. The Kier molecular flexibility index (Phi) is 3.71. The average Bonchev–Trinajstić information content (AvgIpc) is 2.73. The maximum atomic E-state index is 9.00. The van der Waals surface area contributed by atoms with Crippen LogP contribution in [-0.4, -0.2) is 16.7 Å². The molecule has 0 saturated carbocycles. The number of ether oxygens (including phenoxy) is 1. The minimum Gasteiger partial charge on any atom is -0.480 e. The Morgan fingerprint density at radius 1 is 1.53 bits per heavy atom. The van der Waals surface area contributed by atoms with Crippen molar-refractivity contribution >= 4 is 5.69 Å². The van der Waals surface area contributed by atoms with E-state index in [0.29, 0.717) is 18.1 Å². The van der Waals surface area contributed by atoms with Gasteiger partial charge in [-0.15, -0.1) is 0 Å². The van der Waals surface area contributed by atoms with Gasteiger partial charge in [-0.2, -0.15) is 5.26 Å². The summed E-state index contributed by atoms with van der Waals surface area (Å²) in [5.41, 5.74) is 3.66. The fourth-order valence-corrected chi connectivity index (χ4v) is 1.93. The highest BCUT2D eigenvalue weighted by molar-refractivity contribution is 5.52. The van der Waals surface area contributed by atoms with Gasteiger partial charge in [0, 0.05) is 25.5 Å². The highest BCUT2D eigenvalue weighted by Gasteiger charge is 2.09. The second-order valence-electron chi connectivity index (χ2n) is 4.22. The lowest BCUT2D eigenvalue weighted by Crippen LogP contribution is -2.03. The molecule has 2 heterocycles. The van der Waals surface area contributed by atoms with Crippen LogP contribution in [0.4, 0.5) is 5.69 Å². The molecule has 2 rings (SSSR count). The molecule has 0 amide bonds. The zero-order valence-corrected chi connectivity index (χ0v) is 11.3. The number of anilines is 1. The van der Waals surface area contributed by atoms with Crippen LogP contribution < -0.4 is 10.1 Å². The Bertz CT molecular complexity index is 625. The Hall–Kier alpha value is -2.48. The summed E-state index contributed by atoms with van der Waals surface area (Å²) in [6, 6.07) is 7.83. The van der Waals surface area contributed by atoms with Crippen molar-refractivity contribution in [1.29, 1.82) is 5.26 Å². The first-order chi connectivity index (χ1) is 9.17. The largest absolute Gasteiger partial charge is 0.480 e. The molecular formula is C14H16N4O. The number of nitriles is 1. The molecule has 5 nitrogen and oxygen atoms in total. The molecule has 1 N–H and O–H groups in total. The van der Waals surface area contributed by atoms with E-state index in [1.807, 2.05) is 36.7 Å². The molecule has 0 unspecified atom stereocenters. The maximum Gasteiger partial charge on any atom is 0.237 e. The van der Waals surface area contributed by atoms with Crippen LogP contribution in [-0.2, 0) is 13.6 Å². The van der Waals surface area contributed by atoms with E-state index >= 15 is 0 Å². The molecule has 0 bridgehead atoms. The molecule has 2 aromatic heterocycles. The Morgan fingerprint density at radius 3 is 2.95 bits per heavy atom. The third-order valence-corrected chi connectivity index (χ3v) is 3.19. The lowest BCUT2D eigenvalue weighted by atomic mass is 10.2. The van der Waals surface area contributed by atoms with Gasteiger partial charge in [0.1, 0.15) is 11.8 Å². The fourth-order valence-electron chi connectivity index (χ4n) is 1.93. The summed E-state index contributed by atoms with van der Waals surface area (Å²) in [7, 11) is 3.48. The van der Waals surface area contributed by atoms with Gasteiger partial charge >= 0.3 is 0 Å². The minimum absolute atomic E-state index is 0.566. The molecule has 0 aliphatic heterocycles. The second kappa shape index (κ2) is 5.44. The normalized spacial score (nSPS) is 10.0. The number of hydrogen-bond acceptors (Lipinski definition) is 4. The number of aromatic nitrogens is 2. The van der Waals surface area contributed by atoms with Crippen molar-refractivity contribution in [2.24, 2.45) is 7.05 Å². The van der Waals surface area contributed by atoms with E-state index in [0.717, 1.165) is 16.9 Å². The van der Waals surface area contributed by atoms with Crippen molar-refractivity contribution < 1.29 is 4.74 Å². The first-order valence-electron chi connectivity index (χ1n) is 5.95. The van der Waals surface area contributed by atoms with E-state index in [2.05, 4.69) is 16.4 Å². The summed E-state index contributed by atoms with van der Waals surface area (Å²) < 4.78 is 7.07. The van der Waals surface area contributed by atoms with Crippen LogP contribution in [0.3, 0.4) is 0 Å². The summed E-state index contributed by atoms with van der Waals surface area (Å²) in [5.74, 6) is 0.566. The summed E-state index contributed by atoms with van der Waals surface area (Å²) in [5, 5.41) is 12.3. The van der Waals surface area contributed by atoms with Gasteiger partial charge in [0.05, 0.1) is 12.8 Å². The molecule has 0 spiro atoms. The van der Waals surface area contributed by atoms with Gasteiger partial charge in [-0.25, -0.2) is 4.98 Å². The molecular weight excluding hydrogens is 240 g/mol. The van der Waals surface area contributed by atoms with E-state index in [1.165, 1.54) is 0 Å². The summed E-state index contributed by atoms with van der Waals surface area (Å²) in [4.78, 5) is 4.13. The first kappa shape index (κ1) is 13.0. The van der Waals surface area contributed by atoms with Gasteiger partial charge < -0.3 is 14.6 Å². The molecule has 0 fully saturated rings. The SMILES string of the molecule is COc1ncccc1NCc1cc(C#N)n(C)c1C. The van der Waals surface area contributed by atoms with Crippen molar-refractivity contribution in [3.63, 3.8) is 0 Å². The number of rotatable bonds is 4. The number of methoxy groups -OCH3 is 1. The van der Waals surface area contributed by atoms with E-state index in [1.54, 1.807) is 13.3 Å². The number of hydrogen-bond donors (Lipinski definition) is 1. The van der Waals surface area contributed by atoms with Crippen molar-refractivity contribution in [1.82, 2.24) is 9.55 Å². The molecule has 0 aliphatic rings. The summed E-state index contributed by atoms with van der Waals surface area (Å²) in [6.45, 7) is 2.63. The van der Waals surface area contributed by atoms with E-state index < -0.39 is 0 Å². The molecule has 0 aromatic carbocycles. The molecule has 2 aromatic rings. The number of nitrogens with one attached hydrogen (secondary N) is 1. The molecule has 0 radical (unpaired) electrons. The molecule has 19 heavy (non-hydrogen) atoms. The number of pyridine rings is 1. The van der Waals surface area contributed by atoms with Crippen LogP contribution in [0, 0.1) is 18.3 Å². The molecule has 0 aliphatic carbocycles. The lowest BCUT2D eigenvalue weighted by molar-refractivity contribution is 0.399. The summed E-state index contributed by atoms with van der Waals surface area (Å²) >= 11 is 0. The topological polar surface area (TPSA) is 62.9 Å². The zero-order chi connectivity index (χ0) is 13.8. The Balaban J connectivity index is 2.17. The molecule has 0 saturated heterocycles. The van der Waals surface area contributed by atoms with Crippen molar-refractivity contribution in [3.05, 3.63) is 41.3 Å². The van der Waals surface area contributed by atoms with Crippen molar-refractivity contribution in [2.45, 2.75) is 13.5 Å². The average molecular weight is 256 g/mol. The minimum atomic E-state index is 0.566. The first-order valence-corrected chi connectivity index (χ1v) is 5.95. The highest BCUT2D eigenvalue weighted by atomic mass is 16.5. The third-order valence-electron chi connectivity index (χ3n) is 3.19. The lowest BCUT2D eigenvalue weighted by Gasteiger charge is -2.09.